The van der Waals surface area contributed by atoms with Gasteiger partial charge in [0.2, 0.25) is 0 Å². The number of fused-ring (bicyclic) bond motifs is 1. The molecule has 0 radical (unpaired) electrons. The zero-order valence-electron chi connectivity index (χ0n) is 15.8. The highest BCUT2D eigenvalue weighted by Gasteiger charge is 2.21. The van der Waals surface area contributed by atoms with Crippen LogP contribution in [0, 0.1) is 18.3 Å². The standard InChI is InChI=1S/C22H20ClN3O2/c1-3-28-19-8-6-18(7-9-19)26(12-4-11-24)22(27)20-14-16-13-17(23)5-10-21(16)25-15(20)2/h5-10,13-14H,3-4,12H2,1-2H3. The molecule has 3 aromatic rings. The summed E-state index contributed by atoms with van der Waals surface area (Å²) in [5.41, 5.74) is 2.60. The van der Waals surface area contributed by atoms with Crippen molar-refractivity contribution in [3.8, 4) is 11.8 Å². The van der Waals surface area contributed by atoms with Gasteiger partial charge in [-0.05, 0) is 62.4 Å². The highest BCUT2D eigenvalue weighted by atomic mass is 35.5. The maximum Gasteiger partial charge on any atom is 0.260 e. The van der Waals surface area contributed by atoms with Crippen LogP contribution in [0.3, 0.4) is 0 Å². The van der Waals surface area contributed by atoms with Gasteiger partial charge in [0.05, 0.1) is 35.9 Å². The van der Waals surface area contributed by atoms with Crippen molar-refractivity contribution in [3.05, 3.63) is 64.8 Å². The number of ether oxygens (including phenoxy) is 1. The number of amides is 1. The monoisotopic (exact) mass is 393 g/mol. The highest BCUT2D eigenvalue weighted by molar-refractivity contribution is 6.31. The van der Waals surface area contributed by atoms with Crippen LogP contribution in [0.4, 0.5) is 5.69 Å². The van der Waals surface area contributed by atoms with Crippen molar-refractivity contribution in [1.29, 1.82) is 5.26 Å². The van der Waals surface area contributed by atoms with Crippen LogP contribution in [0.15, 0.2) is 48.5 Å². The van der Waals surface area contributed by atoms with Gasteiger partial charge in [0.15, 0.2) is 0 Å². The zero-order chi connectivity index (χ0) is 20.1. The van der Waals surface area contributed by atoms with Gasteiger partial charge in [-0.1, -0.05) is 11.6 Å². The number of rotatable bonds is 6. The Bertz CT molecular complexity index is 1040. The lowest BCUT2D eigenvalue weighted by atomic mass is 10.1. The second-order valence-electron chi connectivity index (χ2n) is 6.25. The summed E-state index contributed by atoms with van der Waals surface area (Å²) in [7, 11) is 0. The average Bonchev–Trinajstić information content (AvgIpc) is 2.69. The summed E-state index contributed by atoms with van der Waals surface area (Å²) in [6, 6.07) is 16.6. The third kappa shape index (κ3) is 4.24. The first-order valence-electron chi connectivity index (χ1n) is 9.02. The Morgan fingerprint density at radius 3 is 2.64 bits per heavy atom. The molecule has 1 aromatic heterocycles. The third-order valence-corrected chi connectivity index (χ3v) is 4.58. The number of pyridine rings is 1. The van der Waals surface area contributed by atoms with Crippen molar-refractivity contribution in [3.63, 3.8) is 0 Å². The first-order chi connectivity index (χ1) is 13.5. The van der Waals surface area contributed by atoms with Gasteiger partial charge in [-0.3, -0.25) is 9.78 Å². The van der Waals surface area contributed by atoms with E-state index in [0.29, 0.717) is 28.6 Å². The lowest BCUT2D eigenvalue weighted by Crippen LogP contribution is -2.32. The molecule has 0 saturated carbocycles. The Hall–Kier alpha value is -3.10. The van der Waals surface area contributed by atoms with Gasteiger partial charge in [0.1, 0.15) is 5.75 Å². The molecule has 0 N–H and O–H groups in total. The van der Waals surface area contributed by atoms with Gasteiger partial charge in [0, 0.05) is 22.6 Å². The molecule has 2 aromatic carbocycles. The van der Waals surface area contributed by atoms with Crippen molar-refractivity contribution < 1.29 is 9.53 Å². The molecule has 0 atom stereocenters. The second-order valence-corrected chi connectivity index (χ2v) is 6.69. The first-order valence-corrected chi connectivity index (χ1v) is 9.40. The van der Waals surface area contributed by atoms with E-state index < -0.39 is 0 Å². The minimum absolute atomic E-state index is 0.203. The van der Waals surface area contributed by atoms with Crippen molar-refractivity contribution in [2.45, 2.75) is 20.3 Å². The van der Waals surface area contributed by atoms with Crippen molar-refractivity contribution in [1.82, 2.24) is 4.98 Å². The van der Waals surface area contributed by atoms with Gasteiger partial charge in [0.25, 0.3) is 5.91 Å². The Balaban J connectivity index is 2.00. The predicted molar refractivity (Wildman–Crippen MR) is 111 cm³/mol. The number of nitrogens with zero attached hydrogens (tertiary/aromatic N) is 3. The van der Waals surface area contributed by atoms with E-state index in [1.54, 1.807) is 23.1 Å². The first kappa shape index (κ1) is 19.7. The van der Waals surface area contributed by atoms with Crippen LogP contribution in [0.25, 0.3) is 10.9 Å². The molecule has 0 aliphatic heterocycles. The maximum atomic E-state index is 13.3. The molecule has 142 valence electrons. The van der Waals surface area contributed by atoms with E-state index in [-0.39, 0.29) is 18.9 Å². The number of nitriles is 1. The van der Waals surface area contributed by atoms with Crippen LogP contribution in [0.1, 0.15) is 29.4 Å². The molecule has 1 heterocycles. The number of halogens is 1. The number of anilines is 1. The minimum atomic E-state index is -0.203. The lowest BCUT2D eigenvalue weighted by Gasteiger charge is -2.23. The molecule has 1 amide bonds. The van der Waals surface area contributed by atoms with Crippen LogP contribution in [0.5, 0.6) is 5.75 Å². The Morgan fingerprint density at radius 1 is 1.21 bits per heavy atom. The average molecular weight is 394 g/mol. The summed E-state index contributed by atoms with van der Waals surface area (Å²) in [5.74, 6) is 0.531. The van der Waals surface area contributed by atoms with Crippen molar-refractivity contribution >= 4 is 34.1 Å². The fourth-order valence-corrected chi connectivity index (χ4v) is 3.18. The Kier molecular flexibility index (Phi) is 6.13. The molecule has 5 nitrogen and oxygen atoms in total. The summed E-state index contributed by atoms with van der Waals surface area (Å²) in [4.78, 5) is 19.5. The topological polar surface area (TPSA) is 66.2 Å². The zero-order valence-corrected chi connectivity index (χ0v) is 16.5. The Labute approximate surface area is 169 Å². The smallest absolute Gasteiger partial charge is 0.260 e. The summed E-state index contributed by atoms with van der Waals surface area (Å²) in [6.45, 7) is 4.58. The number of hydrogen-bond donors (Lipinski definition) is 0. The summed E-state index contributed by atoms with van der Waals surface area (Å²) >= 11 is 6.09. The number of hydrogen-bond acceptors (Lipinski definition) is 4. The quantitative estimate of drug-likeness (QED) is 0.580. The molecule has 0 bridgehead atoms. The van der Waals surface area contributed by atoms with Gasteiger partial charge >= 0.3 is 0 Å². The predicted octanol–water partition coefficient (Wildman–Crippen LogP) is 5.16. The number of carbonyl (C=O) groups is 1. The van der Waals surface area contributed by atoms with Gasteiger partial charge in [-0.15, -0.1) is 0 Å². The molecule has 0 saturated heterocycles. The summed E-state index contributed by atoms with van der Waals surface area (Å²) < 4.78 is 5.47. The van der Waals surface area contributed by atoms with E-state index in [4.69, 9.17) is 21.6 Å². The highest BCUT2D eigenvalue weighted by Crippen LogP contribution is 2.25. The van der Waals surface area contributed by atoms with Crippen LogP contribution in [-0.2, 0) is 0 Å². The third-order valence-electron chi connectivity index (χ3n) is 4.35. The second kappa shape index (κ2) is 8.73. The fraction of sp³-hybridized carbons (Fsp3) is 0.227. The molecule has 0 unspecified atom stereocenters. The van der Waals surface area contributed by atoms with E-state index >= 15 is 0 Å². The van der Waals surface area contributed by atoms with Crippen LogP contribution in [-0.4, -0.2) is 24.0 Å². The number of aromatic nitrogens is 1. The number of benzene rings is 2. The Morgan fingerprint density at radius 2 is 1.96 bits per heavy atom. The summed E-state index contributed by atoms with van der Waals surface area (Å²) in [5, 5.41) is 10.4. The van der Waals surface area contributed by atoms with Crippen LogP contribution < -0.4 is 9.64 Å². The van der Waals surface area contributed by atoms with Crippen LogP contribution in [0.2, 0.25) is 5.02 Å². The van der Waals surface area contributed by atoms with E-state index in [2.05, 4.69) is 11.1 Å². The molecule has 0 aliphatic rings. The van der Waals surface area contributed by atoms with Crippen molar-refractivity contribution in [2.24, 2.45) is 0 Å². The summed E-state index contributed by atoms with van der Waals surface area (Å²) in [6.07, 6.45) is 0.227. The molecule has 0 aliphatic carbocycles. The normalized spacial score (nSPS) is 10.5. The van der Waals surface area contributed by atoms with Gasteiger partial charge in [-0.25, -0.2) is 0 Å². The fourth-order valence-electron chi connectivity index (χ4n) is 3.00. The van der Waals surface area contributed by atoms with E-state index in [1.807, 2.05) is 44.2 Å². The minimum Gasteiger partial charge on any atom is -0.494 e. The molecule has 0 fully saturated rings. The molecular weight excluding hydrogens is 374 g/mol. The number of carbonyl (C=O) groups excluding carboxylic acids is 1. The van der Waals surface area contributed by atoms with Gasteiger partial charge < -0.3 is 9.64 Å². The maximum absolute atomic E-state index is 13.3. The molecular formula is C22H20ClN3O2. The SMILES string of the molecule is CCOc1ccc(N(CCC#N)C(=O)c2cc3cc(Cl)ccc3nc2C)cc1. The largest absolute Gasteiger partial charge is 0.494 e. The molecule has 3 rings (SSSR count). The van der Waals surface area contributed by atoms with E-state index in [0.717, 1.165) is 16.7 Å². The van der Waals surface area contributed by atoms with Crippen molar-refractivity contribution in [2.75, 3.05) is 18.1 Å². The molecule has 6 heteroatoms. The van der Waals surface area contributed by atoms with E-state index in [9.17, 15) is 4.79 Å². The van der Waals surface area contributed by atoms with Crippen LogP contribution >= 0.6 is 11.6 Å². The molecule has 0 spiro atoms. The molecule has 28 heavy (non-hydrogen) atoms. The lowest BCUT2D eigenvalue weighted by molar-refractivity contribution is 0.0986. The number of aryl methyl sites for hydroxylation is 1. The van der Waals surface area contributed by atoms with Gasteiger partial charge in [-0.2, -0.15) is 5.26 Å². The van der Waals surface area contributed by atoms with E-state index in [1.165, 1.54) is 0 Å².